The largest absolute Gasteiger partial charge is 0.479 e. The minimum Gasteiger partial charge on any atom is -0.479 e. The monoisotopic (exact) mass is 415 g/mol. The normalized spacial score (nSPS) is 16.5. The zero-order valence-electron chi connectivity index (χ0n) is 15.4. The zero-order chi connectivity index (χ0) is 20.4. The lowest BCUT2D eigenvalue weighted by Gasteiger charge is -2.23. The first-order valence-corrected chi connectivity index (χ1v) is 9.56. The van der Waals surface area contributed by atoms with Crippen LogP contribution in [0.3, 0.4) is 0 Å². The average molecular weight is 415 g/mol. The number of benzene rings is 1. The highest BCUT2D eigenvalue weighted by molar-refractivity contribution is 7.22. The van der Waals surface area contributed by atoms with Crippen LogP contribution in [0.1, 0.15) is 32.4 Å². The molecule has 0 saturated carbocycles. The summed E-state index contributed by atoms with van der Waals surface area (Å²) in [5, 5.41) is 12.1. The average Bonchev–Trinajstić information content (AvgIpc) is 3.17. The Bertz CT molecular complexity index is 1060. The maximum Gasteiger partial charge on any atom is 0.335 e. The Morgan fingerprint density at radius 3 is 2.66 bits per heavy atom. The molecule has 1 fully saturated rings. The molecule has 0 radical (unpaired) electrons. The number of anilines is 1. The summed E-state index contributed by atoms with van der Waals surface area (Å²) in [6.45, 7) is 1.46. The number of thiazole rings is 1. The standard InChI is InChI=1S/C19H17N3O6S/c1-26-17-14-15(12(8-20-17)13-9-27-6-7-28-13)29-19(21-14)22-16(23)10-2-4-11(5-3-10)18(24)25/h2-5,8,13H,6-7,9H2,1H3,(H,24,25)(H,21,22,23). The molecule has 1 unspecified atom stereocenters. The number of hydrogen-bond acceptors (Lipinski definition) is 8. The highest BCUT2D eigenvalue weighted by Crippen LogP contribution is 2.37. The molecule has 1 aliphatic rings. The lowest BCUT2D eigenvalue weighted by molar-refractivity contribution is -0.0896. The molecule has 1 aromatic carbocycles. The van der Waals surface area contributed by atoms with Crippen LogP contribution in [-0.4, -0.2) is 53.9 Å². The number of methoxy groups -OCH3 is 1. The molecule has 0 bridgehead atoms. The summed E-state index contributed by atoms with van der Waals surface area (Å²) in [5.74, 6) is -1.10. The maximum absolute atomic E-state index is 12.5. The van der Waals surface area contributed by atoms with E-state index < -0.39 is 11.9 Å². The van der Waals surface area contributed by atoms with Gasteiger partial charge in [0.1, 0.15) is 11.6 Å². The summed E-state index contributed by atoms with van der Waals surface area (Å²) in [6.07, 6.45) is 1.41. The van der Waals surface area contributed by atoms with Crippen LogP contribution < -0.4 is 10.1 Å². The number of aromatic carboxylic acids is 1. The van der Waals surface area contributed by atoms with Gasteiger partial charge < -0.3 is 19.3 Å². The Kier molecular flexibility index (Phi) is 5.38. The summed E-state index contributed by atoms with van der Waals surface area (Å²) < 4.78 is 17.4. The summed E-state index contributed by atoms with van der Waals surface area (Å²) in [7, 11) is 1.50. The van der Waals surface area contributed by atoms with Crippen molar-refractivity contribution in [2.45, 2.75) is 6.10 Å². The van der Waals surface area contributed by atoms with Crippen LogP contribution in [0.4, 0.5) is 5.13 Å². The second kappa shape index (κ2) is 8.11. The summed E-state index contributed by atoms with van der Waals surface area (Å²) >= 11 is 1.29. The van der Waals surface area contributed by atoms with E-state index >= 15 is 0 Å². The topological polar surface area (TPSA) is 120 Å². The second-order valence-electron chi connectivity index (χ2n) is 6.19. The first-order chi connectivity index (χ1) is 14.1. The fourth-order valence-electron chi connectivity index (χ4n) is 2.94. The van der Waals surface area contributed by atoms with E-state index in [1.54, 1.807) is 6.20 Å². The van der Waals surface area contributed by atoms with Gasteiger partial charge in [-0.05, 0) is 24.3 Å². The van der Waals surface area contributed by atoms with Crippen molar-refractivity contribution >= 4 is 38.6 Å². The molecule has 1 saturated heterocycles. The lowest BCUT2D eigenvalue weighted by Crippen LogP contribution is -2.22. The minimum atomic E-state index is -1.05. The van der Waals surface area contributed by atoms with Gasteiger partial charge in [-0.3, -0.25) is 10.1 Å². The van der Waals surface area contributed by atoms with Gasteiger partial charge in [0, 0.05) is 17.3 Å². The number of pyridine rings is 1. The third-order valence-electron chi connectivity index (χ3n) is 4.38. The Morgan fingerprint density at radius 2 is 2.00 bits per heavy atom. The molecule has 0 spiro atoms. The predicted molar refractivity (Wildman–Crippen MR) is 105 cm³/mol. The molecule has 29 heavy (non-hydrogen) atoms. The Morgan fingerprint density at radius 1 is 1.24 bits per heavy atom. The molecule has 4 rings (SSSR count). The number of nitrogens with zero attached hydrogens (tertiary/aromatic N) is 2. The van der Waals surface area contributed by atoms with Gasteiger partial charge >= 0.3 is 5.97 Å². The van der Waals surface area contributed by atoms with E-state index in [0.717, 1.165) is 10.3 Å². The first-order valence-electron chi connectivity index (χ1n) is 8.74. The quantitative estimate of drug-likeness (QED) is 0.653. The lowest BCUT2D eigenvalue weighted by atomic mass is 10.1. The van der Waals surface area contributed by atoms with E-state index in [1.165, 1.54) is 42.7 Å². The van der Waals surface area contributed by atoms with Crippen LogP contribution in [-0.2, 0) is 9.47 Å². The van der Waals surface area contributed by atoms with Gasteiger partial charge in [-0.15, -0.1) is 0 Å². The van der Waals surface area contributed by atoms with Crippen molar-refractivity contribution in [1.82, 2.24) is 9.97 Å². The summed E-state index contributed by atoms with van der Waals surface area (Å²) in [5.41, 5.74) is 1.78. The Balaban J connectivity index is 1.63. The predicted octanol–water partition coefficient (Wildman–Crippen LogP) is 2.74. The molecule has 150 valence electrons. The van der Waals surface area contributed by atoms with Gasteiger partial charge in [0.15, 0.2) is 5.13 Å². The Hall–Kier alpha value is -3.08. The van der Waals surface area contributed by atoms with Gasteiger partial charge in [-0.2, -0.15) is 0 Å². The van der Waals surface area contributed by atoms with Crippen molar-refractivity contribution in [1.29, 1.82) is 0 Å². The molecule has 9 nitrogen and oxygen atoms in total. The van der Waals surface area contributed by atoms with Crippen LogP contribution in [0.5, 0.6) is 5.88 Å². The van der Waals surface area contributed by atoms with E-state index in [1.807, 2.05) is 0 Å². The van der Waals surface area contributed by atoms with Crippen LogP contribution >= 0.6 is 11.3 Å². The van der Waals surface area contributed by atoms with Crippen molar-refractivity contribution in [3.05, 3.63) is 47.2 Å². The van der Waals surface area contributed by atoms with Gasteiger partial charge in [-0.25, -0.2) is 14.8 Å². The van der Waals surface area contributed by atoms with Crippen LogP contribution in [0, 0.1) is 0 Å². The summed E-state index contributed by atoms with van der Waals surface area (Å²) in [6, 6.07) is 5.65. The fraction of sp³-hybridized carbons (Fsp3) is 0.263. The number of hydrogen-bond donors (Lipinski definition) is 2. The third kappa shape index (κ3) is 3.90. The molecule has 10 heteroatoms. The van der Waals surface area contributed by atoms with Crippen molar-refractivity contribution in [3.63, 3.8) is 0 Å². The SMILES string of the molecule is COc1ncc(C2COCCO2)c2sc(NC(=O)c3ccc(C(=O)O)cc3)nc12. The molecule has 0 aliphatic carbocycles. The van der Waals surface area contributed by atoms with Crippen LogP contribution in [0.2, 0.25) is 0 Å². The second-order valence-corrected chi connectivity index (χ2v) is 7.19. The first kappa shape index (κ1) is 19.2. The van der Waals surface area contributed by atoms with E-state index in [9.17, 15) is 9.59 Å². The number of nitrogens with one attached hydrogen (secondary N) is 1. The number of carboxylic acid groups (broad SMARTS) is 1. The molecule has 1 aliphatic heterocycles. The van der Waals surface area contributed by atoms with Crippen molar-refractivity contribution in [2.24, 2.45) is 0 Å². The van der Waals surface area contributed by atoms with Gasteiger partial charge in [-0.1, -0.05) is 11.3 Å². The van der Waals surface area contributed by atoms with Crippen LogP contribution in [0.15, 0.2) is 30.5 Å². The van der Waals surface area contributed by atoms with E-state index in [4.69, 9.17) is 19.3 Å². The number of amides is 1. The van der Waals surface area contributed by atoms with E-state index in [2.05, 4.69) is 15.3 Å². The number of carboxylic acids is 1. The highest BCUT2D eigenvalue weighted by atomic mass is 32.1. The molecule has 3 aromatic rings. The Labute approximate surface area is 169 Å². The summed E-state index contributed by atoms with van der Waals surface area (Å²) in [4.78, 5) is 32.2. The highest BCUT2D eigenvalue weighted by Gasteiger charge is 2.24. The molecule has 2 N–H and O–H groups in total. The molecular weight excluding hydrogens is 398 g/mol. The van der Waals surface area contributed by atoms with Gasteiger partial charge in [0.2, 0.25) is 5.88 Å². The van der Waals surface area contributed by atoms with Crippen LogP contribution in [0.25, 0.3) is 10.2 Å². The van der Waals surface area contributed by atoms with Crippen molar-refractivity contribution in [2.75, 3.05) is 32.2 Å². The van der Waals surface area contributed by atoms with Crippen molar-refractivity contribution < 1.29 is 28.9 Å². The third-order valence-corrected chi connectivity index (χ3v) is 5.40. The number of carbonyl (C=O) groups is 2. The number of carbonyl (C=O) groups excluding carboxylic acids is 1. The molecule has 1 amide bonds. The van der Waals surface area contributed by atoms with E-state index in [0.29, 0.717) is 41.9 Å². The number of rotatable bonds is 5. The molecule has 3 heterocycles. The van der Waals surface area contributed by atoms with Gasteiger partial charge in [0.05, 0.1) is 37.2 Å². The maximum atomic E-state index is 12.5. The van der Waals surface area contributed by atoms with E-state index in [-0.39, 0.29) is 11.7 Å². The molecule has 2 aromatic heterocycles. The number of aromatic nitrogens is 2. The van der Waals surface area contributed by atoms with Gasteiger partial charge in [0.25, 0.3) is 5.91 Å². The number of fused-ring (bicyclic) bond motifs is 1. The van der Waals surface area contributed by atoms with Crippen molar-refractivity contribution in [3.8, 4) is 5.88 Å². The minimum absolute atomic E-state index is 0.108. The molecular formula is C19H17N3O6S. The number of ether oxygens (including phenoxy) is 3. The zero-order valence-corrected chi connectivity index (χ0v) is 16.2. The smallest absolute Gasteiger partial charge is 0.335 e. The molecule has 1 atom stereocenters. The fourth-order valence-corrected chi connectivity index (χ4v) is 3.95.